The number of hydrogen-bond acceptors (Lipinski definition) is 13. The van der Waals surface area contributed by atoms with Crippen LogP contribution in [0.3, 0.4) is 0 Å². The monoisotopic (exact) mass is 780 g/mol. The molecule has 0 radical (unpaired) electrons. The van der Waals surface area contributed by atoms with E-state index in [0.29, 0.717) is 17.0 Å². The number of rotatable bonds is 9. The number of piperazine rings is 1. The third kappa shape index (κ3) is 6.92. The van der Waals surface area contributed by atoms with Gasteiger partial charge in [0.2, 0.25) is 5.43 Å². The number of anilines is 2. The van der Waals surface area contributed by atoms with Crippen LogP contribution in [0.4, 0.5) is 24.4 Å². The number of hydrogen-bond donors (Lipinski definition) is 3. The number of β-lactam (4-membered cyclic amide) rings is 1. The van der Waals surface area contributed by atoms with E-state index < -0.39 is 46.6 Å². The molecule has 2 saturated heterocycles. The molecule has 4 aromatic rings. The van der Waals surface area contributed by atoms with Gasteiger partial charge in [0, 0.05) is 60.8 Å². The summed E-state index contributed by atoms with van der Waals surface area (Å²) in [6.45, 7) is 0.723. The molecule has 2 aromatic heterocycles. The summed E-state index contributed by atoms with van der Waals surface area (Å²) in [6, 6.07) is 6.80. The number of aromatic nitrogens is 2. The number of nitrogens with one attached hydrogen (secondary N) is 1. The van der Waals surface area contributed by atoms with E-state index in [1.165, 1.54) is 63.6 Å². The lowest BCUT2D eigenvalue weighted by Crippen LogP contribution is -2.69. The van der Waals surface area contributed by atoms with Gasteiger partial charge in [0.1, 0.15) is 48.0 Å². The molecule has 3 amide bonds. The maximum Gasteiger partial charge on any atom is 0.410 e. The van der Waals surface area contributed by atoms with Crippen molar-refractivity contribution in [3.63, 3.8) is 0 Å². The number of ether oxygens (including phenoxy) is 1. The molecular weight excluding hydrogens is 751 g/mol. The van der Waals surface area contributed by atoms with Crippen molar-refractivity contribution < 1.29 is 42.6 Å². The zero-order valence-corrected chi connectivity index (χ0v) is 29.9. The molecule has 2 fully saturated rings. The van der Waals surface area contributed by atoms with Gasteiger partial charge in [-0.1, -0.05) is 5.16 Å². The van der Waals surface area contributed by atoms with Gasteiger partial charge >= 0.3 is 12.1 Å². The van der Waals surface area contributed by atoms with Gasteiger partial charge in [-0.15, -0.1) is 23.1 Å². The maximum absolute atomic E-state index is 15.5. The minimum atomic E-state index is -1.49. The normalized spacial score (nSPS) is 18.5. The number of carboxylic acid groups (broad SMARTS) is 1. The molecule has 0 bridgehead atoms. The number of carbonyl (C=O) groups excluding carboxylic acids is 3. The van der Waals surface area contributed by atoms with Crippen LogP contribution < -0.4 is 21.4 Å². The Bertz CT molecular complexity index is 2310. The first-order valence-electron chi connectivity index (χ1n) is 16.2. The average molecular weight is 781 g/mol. The van der Waals surface area contributed by atoms with Crippen molar-refractivity contribution in [3.8, 4) is 5.69 Å². The molecule has 4 N–H and O–H groups in total. The number of carbonyl (C=O) groups is 4. The highest BCUT2D eigenvalue weighted by molar-refractivity contribution is 8.00. The Morgan fingerprint density at radius 2 is 1.85 bits per heavy atom. The number of halogens is 2. The summed E-state index contributed by atoms with van der Waals surface area (Å²) in [5.41, 5.74) is 5.74. The predicted molar refractivity (Wildman–Crippen MR) is 195 cm³/mol. The van der Waals surface area contributed by atoms with E-state index >= 15 is 4.39 Å². The number of oxime groups is 1. The molecule has 0 aliphatic carbocycles. The number of thiazole rings is 1. The summed E-state index contributed by atoms with van der Waals surface area (Å²) in [6.07, 6.45) is 2.14. The third-order valence-corrected chi connectivity index (χ3v) is 11.0. The van der Waals surface area contributed by atoms with Crippen molar-refractivity contribution >= 4 is 74.4 Å². The minimum Gasteiger partial charge on any atom is -0.477 e. The molecule has 2 aromatic carbocycles. The first-order valence-corrected chi connectivity index (χ1v) is 18.2. The van der Waals surface area contributed by atoms with E-state index in [1.807, 2.05) is 0 Å². The molecule has 5 heterocycles. The zero-order chi connectivity index (χ0) is 38.3. The molecule has 20 heteroatoms. The van der Waals surface area contributed by atoms with Gasteiger partial charge in [0.25, 0.3) is 11.8 Å². The molecule has 0 saturated carbocycles. The largest absolute Gasteiger partial charge is 0.477 e. The number of nitrogens with two attached hydrogens (primary N) is 1. The summed E-state index contributed by atoms with van der Waals surface area (Å²) >= 11 is 2.52. The van der Waals surface area contributed by atoms with E-state index in [1.54, 1.807) is 16.5 Å². The number of fused-ring (bicyclic) bond motifs is 2. The molecule has 280 valence electrons. The molecule has 54 heavy (non-hydrogen) atoms. The smallest absolute Gasteiger partial charge is 0.410 e. The summed E-state index contributed by atoms with van der Waals surface area (Å²) in [5.74, 6) is -3.32. The van der Waals surface area contributed by atoms with Gasteiger partial charge in [-0.2, -0.15) is 0 Å². The standard InChI is InChI=1S/C34H30F2N8O8S2/c1-51-40-26(23-16-54-33(37)38-23)29(46)39-27-30(47)44-12-17(15-53-31(27)44)14-52-34(50)42-8-6-41(7-9-42)25-11-24-20(10-22(25)36)28(45)21(32(48)49)13-43(24)19-4-2-18(35)3-5-19/h2-5,10-13,16,27,31H,6-9,14-15H2,1H3,(H2,37,38)(H,39,46)(H,48,49)/b40-26-/t27-,31-/m1/s1. The molecule has 0 unspecified atom stereocenters. The fourth-order valence-electron chi connectivity index (χ4n) is 6.26. The van der Waals surface area contributed by atoms with E-state index in [2.05, 4.69) is 15.5 Å². The fourth-order valence-corrected chi connectivity index (χ4v) is 8.05. The second kappa shape index (κ2) is 14.8. The topological polar surface area (TPSA) is 202 Å². The second-order valence-corrected chi connectivity index (χ2v) is 14.2. The molecule has 3 aliphatic heterocycles. The molecule has 0 spiro atoms. The SMILES string of the molecule is CO/N=C(\C(=O)N[C@@H]1C(=O)N2C=C(COC(=O)N3CCN(c4cc5c(cc4F)c(=O)c(C(=O)O)cn5-c4ccc(F)cc4)CC3)CS[C@H]12)c1csc(N)n1. The Morgan fingerprint density at radius 3 is 2.52 bits per heavy atom. The summed E-state index contributed by atoms with van der Waals surface area (Å²) in [4.78, 5) is 77.2. The minimum absolute atomic E-state index is 0.0754. The van der Waals surface area contributed by atoms with Gasteiger partial charge in [-0.25, -0.2) is 23.4 Å². The van der Waals surface area contributed by atoms with Gasteiger partial charge in [0.05, 0.1) is 11.2 Å². The van der Waals surface area contributed by atoms with Crippen LogP contribution in [0.25, 0.3) is 16.6 Å². The molecule has 3 aliphatic rings. The summed E-state index contributed by atoms with van der Waals surface area (Å²) in [7, 11) is 1.28. The van der Waals surface area contributed by atoms with Crippen LogP contribution in [0.15, 0.2) is 69.7 Å². The van der Waals surface area contributed by atoms with Crippen molar-refractivity contribution in [2.24, 2.45) is 5.16 Å². The predicted octanol–water partition coefficient (Wildman–Crippen LogP) is 2.60. The van der Waals surface area contributed by atoms with E-state index in [-0.39, 0.29) is 77.2 Å². The number of amides is 3. The number of nitrogen functional groups attached to an aromatic ring is 1. The van der Waals surface area contributed by atoms with E-state index in [4.69, 9.17) is 15.3 Å². The number of pyridine rings is 1. The highest BCUT2D eigenvalue weighted by atomic mass is 32.2. The number of aromatic carboxylic acids is 1. The van der Waals surface area contributed by atoms with Gasteiger partial charge in [0.15, 0.2) is 10.8 Å². The molecular formula is C34H30F2N8O8S2. The summed E-state index contributed by atoms with van der Waals surface area (Å²) in [5, 5.41) is 17.3. The number of thioether (sulfide) groups is 1. The highest BCUT2D eigenvalue weighted by Gasteiger charge is 2.50. The Kier molecular flexibility index (Phi) is 9.95. The molecule has 2 atom stereocenters. The van der Waals surface area contributed by atoms with Crippen molar-refractivity contribution in [3.05, 3.63) is 92.9 Å². The Labute approximate surface area is 312 Å². The lowest BCUT2D eigenvalue weighted by atomic mass is 10.1. The first-order chi connectivity index (χ1) is 25.9. The Morgan fingerprint density at radius 1 is 1.11 bits per heavy atom. The number of nitrogens with zero attached hydrogens (tertiary/aromatic N) is 6. The molecule has 16 nitrogen and oxygen atoms in total. The third-order valence-electron chi connectivity index (χ3n) is 8.96. The van der Waals surface area contributed by atoms with E-state index in [9.17, 15) is 33.5 Å². The Balaban J connectivity index is 0.966. The quantitative estimate of drug-likeness (QED) is 0.128. The van der Waals surface area contributed by atoms with Gasteiger partial charge in [-0.05, 0) is 42.0 Å². The lowest BCUT2D eigenvalue weighted by Gasteiger charge is -2.47. The van der Waals surface area contributed by atoms with Crippen molar-refractivity contribution in [2.45, 2.75) is 11.4 Å². The van der Waals surface area contributed by atoms with Crippen LogP contribution in [-0.2, 0) is 19.2 Å². The van der Waals surface area contributed by atoms with Gasteiger partial charge in [-0.3, -0.25) is 14.4 Å². The van der Waals surface area contributed by atoms with Gasteiger partial charge < -0.3 is 45.0 Å². The van der Waals surface area contributed by atoms with Crippen LogP contribution in [0.1, 0.15) is 16.1 Å². The highest BCUT2D eigenvalue weighted by Crippen LogP contribution is 2.36. The van der Waals surface area contributed by atoms with E-state index in [0.717, 1.165) is 23.6 Å². The van der Waals surface area contributed by atoms with Crippen LogP contribution in [0.5, 0.6) is 0 Å². The molecule has 7 rings (SSSR count). The van der Waals surface area contributed by atoms with Crippen LogP contribution in [0, 0.1) is 11.6 Å². The maximum atomic E-state index is 15.5. The van der Waals surface area contributed by atoms with Crippen molar-refractivity contribution in [1.82, 2.24) is 24.7 Å². The number of carboxylic acids is 1. The van der Waals surface area contributed by atoms with Crippen LogP contribution in [0.2, 0.25) is 0 Å². The zero-order valence-electron chi connectivity index (χ0n) is 28.2. The van der Waals surface area contributed by atoms with Crippen molar-refractivity contribution in [1.29, 1.82) is 0 Å². The van der Waals surface area contributed by atoms with Crippen LogP contribution >= 0.6 is 23.1 Å². The lowest BCUT2D eigenvalue weighted by molar-refractivity contribution is -0.143. The average Bonchev–Trinajstić information content (AvgIpc) is 3.60. The first kappa shape index (κ1) is 36.3. The van der Waals surface area contributed by atoms with Crippen molar-refractivity contribution in [2.75, 3.05) is 56.3 Å². The fraction of sp³-hybridized carbons (Fsp3) is 0.265. The Hall–Kier alpha value is -6.02. The van der Waals surface area contributed by atoms with Crippen LogP contribution in [-0.4, -0.2) is 111 Å². The summed E-state index contributed by atoms with van der Waals surface area (Å²) < 4.78 is 36.2. The number of benzene rings is 2. The second-order valence-electron chi connectivity index (χ2n) is 12.3.